The molecule has 2 aliphatic rings. The number of halogens is 1. The number of thiol groups is 1. The molecule has 5 rings (SSSR count). The number of benzene rings is 3. The Hall–Kier alpha value is -3.81. The Balaban J connectivity index is 1.42. The molecule has 1 atom stereocenters. The SMILES string of the molecule is O=CC(OC1Cc2ccccc2C1)=C(C=C=CNc1ccc(F)cc1)N1CC[NH2+]C(c2ccccc2C[SH+]O)C1. The molecular weight excluding hydrogens is 525 g/mol. The van der Waals surface area contributed by atoms with Gasteiger partial charge in [-0.05, 0) is 35.4 Å². The highest BCUT2D eigenvalue weighted by molar-refractivity contribution is 7.71. The minimum Gasteiger partial charge on any atom is -0.484 e. The standard InChI is InChI=1S/C32H32FN3O3S/c33-26-11-13-27(14-12-26)34-15-5-10-31(32(21-37)39-28-18-23-6-1-2-7-24(23)19-28)36-17-16-35-30(20-36)29-9-4-3-8-25(29)22-40-38/h1-4,6-15,21,28,30,34-35,38H,16-20,22H2/p+2. The Bertz CT molecular complexity index is 1390. The maximum atomic E-state index is 13.3. The van der Waals surface area contributed by atoms with Crippen LogP contribution in [0.4, 0.5) is 10.1 Å². The van der Waals surface area contributed by atoms with Crippen molar-refractivity contribution in [2.75, 3.05) is 25.0 Å². The van der Waals surface area contributed by atoms with Crippen LogP contribution in [0.3, 0.4) is 0 Å². The van der Waals surface area contributed by atoms with E-state index in [0.29, 0.717) is 35.8 Å². The van der Waals surface area contributed by atoms with Gasteiger partial charge >= 0.3 is 0 Å². The summed E-state index contributed by atoms with van der Waals surface area (Å²) in [5.74, 6) is 0.572. The van der Waals surface area contributed by atoms with Gasteiger partial charge in [0.05, 0.1) is 25.3 Å². The summed E-state index contributed by atoms with van der Waals surface area (Å²) < 4.78 is 29.2. The monoisotopic (exact) mass is 559 g/mol. The van der Waals surface area contributed by atoms with Crippen LogP contribution in [0.15, 0.2) is 102 Å². The molecular formula is C32H34FN3O3S+2. The fourth-order valence-electron chi connectivity index (χ4n) is 5.43. The average Bonchev–Trinajstić information content (AvgIpc) is 3.40. The summed E-state index contributed by atoms with van der Waals surface area (Å²) in [6, 6.07) is 22.7. The number of aldehydes is 1. The second kappa shape index (κ2) is 13.5. The highest BCUT2D eigenvalue weighted by atomic mass is 32.2. The molecule has 0 radical (unpaired) electrons. The summed E-state index contributed by atoms with van der Waals surface area (Å²) in [6.45, 7) is 2.25. The van der Waals surface area contributed by atoms with Gasteiger partial charge in [0.25, 0.3) is 0 Å². The second-order valence-electron chi connectivity index (χ2n) is 9.97. The summed E-state index contributed by atoms with van der Waals surface area (Å²) >= 11 is 0.339. The van der Waals surface area contributed by atoms with Crippen molar-refractivity contribution in [3.63, 3.8) is 0 Å². The van der Waals surface area contributed by atoms with Crippen molar-refractivity contribution in [2.24, 2.45) is 0 Å². The molecule has 0 aromatic heterocycles. The molecule has 0 saturated carbocycles. The molecule has 1 unspecified atom stereocenters. The van der Waals surface area contributed by atoms with Gasteiger partial charge in [0.1, 0.15) is 30.0 Å². The van der Waals surface area contributed by atoms with Gasteiger partial charge in [0, 0.05) is 41.9 Å². The van der Waals surface area contributed by atoms with Crippen LogP contribution in [0.2, 0.25) is 0 Å². The fraction of sp³-hybridized carbons (Fsp3) is 0.250. The predicted molar refractivity (Wildman–Crippen MR) is 157 cm³/mol. The lowest BCUT2D eigenvalue weighted by molar-refractivity contribution is -0.704. The Kier molecular flexibility index (Phi) is 9.37. The van der Waals surface area contributed by atoms with Gasteiger partial charge in [-0.25, -0.2) is 4.39 Å². The third kappa shape index (κ3) is 6.84. The van der Waals surface area contributed by atoms with Crippen molar-refractivity contribution in [3.8, 4) is 0 Å². The normalized spacial score (nSPS) is 17.4. The Morgan fingerprint density at radius 1 is 1.10 bits per heavy atom. The number of piperazine rings is 1. The van der Waals surface area contributed by atoms with Crippen LogP contribution in [0.25, 0.3) is 0 Å². The lowest BCUT2D eigenvalue weighted by atomic mass is 9.99. The van der Waals surface area contributed by atoms with Crippen LogP contribution in [-0.4, -0.2) is 41.5 Å². The van der Waals surface area contributed by atoms with Crippen molar-refractivity contribution in [2.45, 2.75) is 30.7 Å². The van der Waals surface area contributed by atoms with Crippen LogP contribution in [-0.2, 0) is 40.2 Å². The largest absolute Gasteiger partial charge is 0.484 e. The molecule has 0 spiro atoms. The van der Waals surface area contributed by atoms with E-state index in [-0.39, 0.29) is 18.0 Å². The zero-order valence-corrected chi connectivity index (χ0v) is 23.1. The number of fused-ring (bicyclic) bond motifs is 1. The zero-order valence-electron chi connectivity index (χ0n) is 22.2. The number of carbonyl (C=O) groups is 1. The molecule has 8 heteroatoms. The first-order valence-corrected chi connectivity index (χ1v) is 14.5. The summed E-state index contributed by atoms with van der Waals surface area (Å²) in [5, 5.41) is 5.40. The number of allylic oxidation sites excluding steroid dienone is 2. The minimum atomic E-state index is -0.298. The van der Waals surface area contributed by atoms with Gasteiger partial charge in [-0.2, -0.15) is 4.55 Å². The van der Waals surface area contributed by atoms with Crippen molar-refractivity contribution in [1.29, 1.82) is 0 Å². The number of quaternary nitrogens is 1. The molecule has 1 saturated heterocycles. The van der Waals surface area contributed by atoms with Gasteiger partial charge in [0.2, 0.25) is 0 Å². The van der Waals surface area contributed by atoms with Gasteiger partial charge in [0.15, 0.2) is 17.8 Å². The van der Waals surface area contributed by atoms with E-state index in [1.165, 1.54) is 28.8 Å². The van der Waals surface area contributed by atoms with E-state index in [0.717, 1.165) is 43.5 Å². The lowest BCUT2D eigenvalue weighted by Gasteiger charge is -2.34. The number of rotatable bonds is 10. The molecule has 1 heterocycles. The fourth-order valence-corrected chi connectivity index (χ4v) is 5.88. The topological polar surface area (TPSA) is 78.4 Å². The first-order chi connectivity index (χ1) is 19.6. The Labute approximate surface area is 238 Å². The molecule has 1 aliphatic heterocycles. The predicted octanol–water partition coefficient (Wildman–Crippen LogP) is 3.91. The van der Waals surface area contributed by atoms with E-state index in [9.17, 15) is 13.7 Å². The van der Waals surface area contributed by atoms with Gasteiger partial charge in [-0.3, -0.25) is 4.79 Å². The molecule has 3 aromatic rings. The number of anilines is 1. The van der Waals surface area contributed by atoms with Crippen LogP contribution in [0, 0.1) is 5.82 Å². The molecule has 0 bridgehead atoms. The number of hydrogen-bond acceptors (Lipinski definition) is 5. The maximum Gasteiger partial charge on any atom is 0.186 e. The summed E-state index contributed by atoms with van der Waals surface area (Å²) in [7, 11) is 0. The molecule has 206 valence electrons. The average molecular weight is 560 g/mol. The minimum absolute atomic E-state index is 0.112. The van der Waals surface area contributed by atoms with Crippen molar-refractivity contribution >= 4 is 24.0 Å². The highest BCUT2D eigenvalue weighted by Crippen LogP contribution is 2.27. The van der Waals surface area contributed by atoms with E-state index in [4.69, 9.17) is 4.74 Å². The number of ether oxygens (including phenoxy) is 1. The van der Waals surface area contributed by atoms with Crippen molar-refractivity contribution < 1.29 is 23.8 Å². The maximum absolute atomic E-state index is 13.3. The third-order valence-electron chi connectivity index (χ3n) is 7.36. The molecule has 0 amide bonds. The van der Waals surface area contributed by atoms with Crippen molar-refractivity contribution in [3.05, 3.63) is 130 Å². The molecule has 3 aromatic carbocycles. The first kappa shape index (κ1) is 27.7. The highest BCUT2D eigenvalue weighted by Gasteiger charge is 2.30. The van der Waals surface area contributed by atoms with Gasteiger partial charge in [-0.15, -0.1) is 5.73 Å². The van der Waals surface area contributed by atoms with Crippen LogP contribution in [0.1, 0.15) is 28.3 Å². The van der Waals surface area contributed by atoms with E-state index < -0.39 is 0 Å². The van der Waals surface area contributed by atoms with E-state index in [2.05, 4.69) is 45.5 Å². The summed E-state index contributed by atoms with van der Waals surface area (Å²) in [5.41, 5.74) is 9.38. The quantitative estimate of drug-likeness (QED) is 0.0668. The van der Waals surface area contributed by atoms with Gasteiger partial charge < -0.3 is 20.3 Å². The van der Waals surface area contributed by atoms with Crippen LogP contribution in [0.5, 0.6) is 0 Å². The van der Waals surface area contributed by atoms with E-state index in [1.54, 1.807) is 24.4 Å². The number of carbonyl (C=O) groups excluding carboxylic acids is 1. The van der Waals surface area contributed by atoms with Crippen molar-refractivity contribution in [1.82, 2.24) is 4.90 Å². The smallest absolute Gasteiger partial charge is 0.186 e. The first-order valence-electron chi connectivity index (χ1n) is 13.5. The van der Waals surface area contributed by atoms with E-state index >= 15 is 0 Å². The number of nitrogens with one attached hydrogen (secondary N) is 1. The summed E-state index contributed by atoms with van der Waals surface area (Å²) in [6.07, 6.45) is 5.63. The lowest BCUT2D eigenvalue weighted by Crippen LogP contribution is -2.90. The van der Waals surface area contributed by atoms with Crippen LogP contribution >= 0.6 is 0 Å². The zero-order chi connectivity index (χ0) is 27.7. The Morgan fingerprint density at radius 3 is 2.55 bits per heavy atom. The molecule has 1 aliphatic carbocycles. The summed E-state index contributed by atoms with van der Waals surface area (Å²) in [4.78, 5) is 14.7. The molecule has 6 nitrogen and oxygen atoms in total. The number of nitrogens with zero attached hydrogens (tertiary/aromatic N) is 1. The third-order valence-corrected chi connectivity index (χ3v) is 7.84. The Morgan fingerprint density at radius 2 is 1.82 bits per heavy atom. The molecule has 40 heavy (non-hydrogen) atoms. The molecule has 1 fully saturated rings. The second-order valence-corrected chi connectivity index (χ2v) is 10.6. The number of nitrogens with two attached hydrogens (primary N) is 1. The van der Waals surface area contributed by atoms with Crippen LogP contribution < -0.4 is 10.6 Å². The van der Waals surface area contributed by atoms with E-state index in [1.807, 2.05) is 24.3 Å². The van der Waals surface area contributed by atoms with Gasteiger partial charge in [-0.1, -0.05) is 48.5 Å². The molecule has 4 N–H and O–H groups in total. The number of hydrogen-bond donors (Lipinski definition) is 3.